The number of nitrogens with zero attached hydrogens (tertiary/aromatic N) is 1. The molecule has 3 rings (SSSR count). The number of fused-ring (bicyclic) bond motifs is 1. The second kappa shape index (κ2) is 5.40. The van der Waals surface area contributed by atoms with Crippen LogP contribution in [0.5, 0.6) is 0 Å². The number of hydrogen-bond donors (Lipinski definition) is 3. The number of rotatable bonds is 2. The molecule has 5 nitrogen and oxygen atoms in total. The second-order valence-electron chi connectivity index (χ2n) is 4.95. The molecule has 1 fully saturated rings. The van der Waals surface area contributed by atoms with Gasteiger partial charge in [-0.15, -0.1) is 0 Å². The number of nitrogens with one attached hydrogen (secondary N) is 3. The maximum Gasteiger partial charge on any atom is 0.243 e. The van der Waals surface area contributed by atoms with E-state index in [-0.39, 0.29) is 11.9 Å². The third kappa shape index (κ3) is 2.76. The number of aromatic amines is 1. The van der Waals surface area contributed by atoms with E-state index < -0.39 is 0 Å². The van der Waals surface area contributed by atoms with E-state index in [0.717, 1.165) is 36.8 Å². The maximum atomic E-state index is 12.2. The van der Waals surface area contributed by atoms with Crippen LogP contribution in [0.15, 0.2) is 24.3 Å². The number of carbonyl (C=O) groups excluding carboxylic acids is 1. The Morgan fingerprint density at radius 1 is 1.26 bits per heavy atom. The monoisotopic (exact) mass is 258 g/mol. The molecule has 1 atom stereocenters. The summed E-state index contributed by atoms with van der Waals surface area (Å²) in [6.07, 6.45) is 4.34. The summed E-state index contributed by atoms with van der Waals surface area (Å²) in [7, 11) is 0. The van der Waals surface area contributed by atoms with Crippen molar-refractivity contribution in [2.24, 2.45) is 0 Å². The average molecular weight is 258 g/mol. The predicted molar refractivity (Wildman–Crippen MR) is 75.0 cm³/mol. The van der Waals surface area contributed by atoms with Gasteiger partial charge in [0.2, 0.25) is 11.9 Å². The molecule has 3 N–H and O–H groups in total. The third-order valence-corrected chi connectivity index (χ3v) is 3.51. The van der Waals surface area contributed by atoms with Crippen molar-refractivity contribution in [2.75, 3.05) is 11.9 Å². The van der Waals surface area contributed by atoms with Crippen LogP contribution in [-0.4, -0.2) is 28.5 Å². The number of H-pyrrole nitrogens is 1. The second-order valence-corrected chi connectivity index (χ2v) is 4.95. The Morgan fingerprint density at radius 3 is 3.05 bits per heavy atom. The molecule has 5 heteroatoms. The fourth-order valence-electron chi connectivity index (χ4n) is 2.47. The lowest BCUT2D eigenvalue weighted by Crippen LogP contribution is -2.40. The first-order valence-corrected chi connectivity index (χ1v) is 6.82. The van der Waals surface area contributed by atoms with Crippen LogP contribution in [0.4, 0.5) is 5.95 Å². The Balaban J connectivity index is 1.71. The molecule has 0 spiro atoms. The lowest BCUT2D eigenvalue weighted by Gasteiger charge is -2.14. The number of aromatic nitrogens is 2. The standard InChI is InChI=1S/C14H18N4O/c19-13(12-8-2-1-5-9-15-12)18-14-16-10-6-3-4-7-11(10)17-14/h3-4,6-7,12,15H,1-2,5,8-9H2,(H2,16,17,18,19). The third-order valence-electron chi connectivity index (χ3n) is 3.51. The van der Waals surface area contributed by atoms with Gasteiger partial charge >= 0.3 is 0 Å². The molecular weight excluding hydrogens is 240 g/mol. The summed E-state index contributed by atoms with van der Waals surface area (Å²) in [4.78, 5) is 19.6. The van der Waals surface area contributed by atoms with Crippen LogP contribution in [0.25, 0.3) is 11.0 Å². The minimum absolute atomic E-state index is 0.000885. The summed E-state index contributed by atoms with van der Waals surface area (Å²) in [6, 6.07) is 7.64. The minimum Gasteiger partial charge on any atom is -0.324 e. The quantitative estimate of drug-likeness (QED) is 0.772. The van der Waals surface area contributed by atoms with Crippen LogP contribution >= 0.6 is 0 Å². The highest BCUT2D eigenvalue weighted by molar-refractivity contribution is 5.94. The van der Waals surface area contributed by atoms with Gasteiger partial charge in [0.1, 0.15) is 0 Å². The maximum absolute atomic E-state index is 12.2. The van der Waals surface area contributed by atoms with Crippen molar-refractivity contribution in [1.29, 1.82) is 0 Å². The molecule has 0 saturated carbocycles. The summed E-state index contributed by atoms with van der Waals surface area (Å²) < 4.78 is 0. The van der Waals surface area contributed by atoms with Crippen molar-refractivity contribution in [2.45, 2.75) is 31.7 Å². The van der Waals surface area contributed by atoms with Gasteiger partial charge in [-0.05, 0) is 31.5 Å². The zero-order chi connectivity index (χ0) is 13.1. The van der Waals surface area contributed by atoms with E-state index in [1.54, 1.807) is 0 Å². The van der Waals surface area contributed by atoms with E-state index in [1.807, 2.05) is 24.3 Å². The minimum atomic E-state index is -0.101. The highest BCUT2D eigenvalue weighted by atomic mass is 16.2. The number of para-hydroxylation sites is 2. The van der Waals surface area contributed by atoms with Crippen LogP contribution in [0, 0.1) is 0 Å². The fourth-order valence-corrected chi connectivity index (χ4v) is 2.47. The lowest BCUT2D eigenvalue weighted by molar-refractivity contribution is -0.118. The van der Waals surface area contributed by atoms with E-state index in [1.165, 1.54) is 6.42 Å². The summed E-state index contributed by atoms with van der Waals surface area (Å²) >= 11 is 0. The summed E-state index contributed by atoms with van der Waals surface area (Å²) in [5.41, 5.74) is 1.80. The van der Waals surface area contributed by atoms with E-state index in [4.69, 9.17) is 0 Å². The molecule has 0 radical (unpaired) electrons. The molecule has 1 aliphatic heterocycles. The first kappa shape index (κ1) is 12.2. The number of hydrogen-bond acceptors (Lipinski definition) is 3. The molecule has 1 aromatic carbocycles. The van der Waals surface area contributed by atoms with E-state index in [0.29, 0.717) is 5.95 Å². The van der Waals surface area contributed by atoms with Crippen LogP contribution in [0.2, 0.25) is 0 Å². The van der Waals surface area contributed by atoms with Gasteiger partial charge < -0.3 is 10.3 Å². The molecule has 19 heavy (non-hydrogen) atoms. The summed E-state index contributed by atoms with van der Waals surface area (Å²) in [6.45, 7) is 0.915. The SMILES string of the molecule is O=C(Nc1nc2ccccc2[nH]1)C1CCCCCN1. The van der Waals surface area contributed by atoms with Crippen molar-refractivity contribution in [1.82, 2.24) is 15.3 Å². The molecule has 2 heterocycles. The van der Waals surface area contributed by atoms with Crippen molar-refractivity contribution in [3.05, 3.63) is 24.3 Å². The van der Waals surface area contributed by atoms with E-state index in [9.17, 15) is 4.79 Å². The van der Waals surface area contributed by atoms with Crippen molar-refractivity contribution in [3.63, 3.8) is 0 Å². The highest BCUT2D eigenvalue weighted by Gasteiger charge is 2.20. The van der Waals surface area contributed by atoms with Gasteiger partial charge in [-0.25, -0.2) is 4.98 Å². The summed E-state index contributed by atoms with van der Waals surface area (Å²) in [5, 5.41) is 6.14. The largest absolute Gasteiger partial charge is 0.324 e. The Labute approximate surface area is 111 Å². The number of anilines is 1. The average Bonchev–Trinajstić information content (AvgIpc) is 2.63. The van der Waals surface area contributed by atoms with Crippen molar-refractivity contribution in [3.8, 4) is 0 Å². The van der Waals surface area contributed by atoms with Crippen LogP contribution in [0.1, 0.15) is 25.7 Å². The Bertz CT molecular complexity index is 537. The summed E-state index contributed by atoms with van der Waals surface area (Å²) in [5.74, 6) is 0.526. The van der Waals surface area contributed by atoms with Gasteiger partial charge in [-0.1, -0.05) is 25.0 Å². The molecular formula is C14H18N4O. The molecule has 1 saturated heterocycles. The predicted octanol–water partition coefficient (Wildman–Crippen LogP) is 2.03. The smallest absolute Gasteiger partial charge is 0.243 e. The Morgan fingerprint density at radius 2 is 2.16 bits per heavy atom. The van der Waals surface area contributed by atoms with Crippen molar-refractivity contribution < 1.29 is 4.79 Å². The fraction of sp³-hybridized carbons (Fsp3) is 0.429. The van der Waals surface area contributed by atoms with E-state index >= 15 is 0 Å². The molecule has 2 aromatic rings. The molecule has 1 amide bonds. The number of amides is 1. The first-order chi connectivity index (χ1) is 9.33. The van der Waals surface area contributed by atoms with Crippen LogP contribution in [0.3, 0.4) is 0 Å². The van der Waals surface area contributed by atoms with Gasteiger partial charge in [-0.3, -0.25) is 10.1 Å². The molecule has 100 valence electrons. The van der Waals surface area contributed by atoms with Gasteiger partial charge in [0.05, 0.1) is 17.1 Å². The Kier molecular flexibility index (Phi) is 3.46. The van der Waals surface area contributed by atoms with Gasteiger partial charge in [0.25, 0.3) is 0 Å². The molecule has 0 bridgehead atoms. The topological polar surface area (TPSA) is 69.8 Å². The Hall–Kier alpha value is -1.88. The molecule has 1 aliphatic rings. The zero-order valence-electron chi connectivity index (χ0n) is 10.8. The first-order valence-electron chi connectivity index (χ1n) is 6.82. The highest BCUT2D eigenvalue weighted by Crippen LogP contribution is 2.14. The van der Waals surface area contributed by atoms with Crippen LogP contribution < -0.4 is 10.6 Å². The van der Waals surface area contributed by atoms with Gasteiger partial charge in [0, 0.05) is 0 Å². The normalized spacial score (nSPS) is 20.1. The van der Waals surface area contributed by atoms with Crippen molar-refractivity contribution >= 4 is 22.9 Å². The number of carbonyl (C=O) groups is 1. The van der Waals surface area contributed by atoms with Crippen LogP contribution in [-0.2, 0) is 4.79 Å². The van der Waals surface area contributed by atoms with Gasteiger partial charge in [-0.2, -0.15) is 0 Å². The number of imidazole rings is 1. The van der Waals surface area contributed by atoms with Gasteiger partial charge in [0.15, 0.2) is 0 Å². The lowest BCUT2D eigenvalue weighted by atomic mass is 10.1. The zero-order valence-corrected chi connectivity index (χ0v) is 10.8. The molecule has 1 aromatic heterocycles. The molecule has 1 unspecified atom stereocenters. The van der Waals surface area contributed by atoms with E-state index in [2.05, 4.69) is 20.6 Å². The number of benzene rings is 1. The molecule has 0 aliphatic carbocycles.